The van der Waals surface area contributed by atoms with Crippen molar-refractivity contribution in [3.05, 3.63) is 12.7 Å². The van der Waals surface area contributed by atoms with Crippen LogP contribution in [-0.4, -0.2) is 30.4 Å². The molecule has 0 aromatic rings. The van der Waals surface area contributed by atoms with E-state index in [1.807, 2.05) is 0 Å². The second-order valence-corrected chi connectivity index (χ2v) is 3.52. The van der Waals surface area contributed by atoms with E-state index in [0.29, 0.717) is 6.61 Å². The van der Waals surface area contributed by atoms with Crippen LogP contribution in [0.5, 0.6) is 0 Å². The minimum Gasteiger partial charge on any atom is -0.432 e. The molecular weight excluding hydrogens is 176 g/mol. The Kier molecular flexibility index (Phi) is 4.18. The van der Waals surface area contributed by atoms with Crippen LogP contribution in [0.15, 0.2) is 12.7 Å². The van der Waals surface area contributed by atoms with Crippen LogP contribution in [0.3, 0.4) is 0 Å². The molecule has 68 valence electrons. The number of thioether (sulfide) groups is 1. The van der Waals surface area contributed by atoms with Crippen molar-refractivity contribution in [1.82, 2.24) is 0 Å². The molecule has 1 fully saturated rings. The van der Waals surface area contributed by atoms with E-state index in [0.717, 1.165) is 24.0 Å². The minimum atomic E-state index is -0.414. The van der Waals surface area contributed by atoms with Crippen molar-refractivity contribution in [3.63, 3.8) is 0 Å². The molecule has 1 heterocycles. The summed E-state index contributed by atoms with van der Waals surface area (Å²) in [6.45, 7) is 3.98. The third-order valence-electron chi connectivity index (χ3n) is 1.40. The van der Waals surface area contributed by atoms with Gasteiger partial charge >= 0.3 is 5.97 Å². The van der Waals surface area contributed by atoms with E-state index in [1.165, 1.54) is 0 Å². The number of hydrogen-bond acceptors (Lipinski definition) is 4. The van der Waals surface area contributed by atoms with Crippen molar-refractivity contribution in [2.24, 2.45) is 0 Å². The molecule has 1 unspecified atom stereocenters. The fourth-order valence-corrected chi connectivity index (χ4v) is 1.69. The predicted molar refractivity (Wildman–Crippen MR) is 48.0 cm³/mol. The molecule has 0 aromatic heterocycles. The van der Waals surface area contributed by atoms with Crippen molar-refractivity contribution in [1.29, 1.82) is 0 Å². The zero-order chi connectivity index (χ0) is 8.81. The minimum absolute atomic E-state index is 0.386. The molecule has 0 radical (unpaired) electrons. The monoisotopic (exact) mass is 188 g/mol. The van der Waals surface area contributed by atoms with Crippen molar-refractivity contribution in [2.75, 3.05) is 18.1 Å². The van der Waals surface area contributed by atoms with Gasteiger partial charge in [0, 0.05) is 6.08 Å². The van der Waals surface area contributed by atoms with Gasteiger partial charge in [0.05, 0.1) is 12.4 Å². The van der Waals surface area contributed by atoms with Crippen LogP contribution in [0.25, 0.3) is 0 Å². The Morgan fingerprint density at radius 1 is 1.75 bits per heavy atom. The summed E-state index contributed by atoms with van der Waals surface area (Å²) in [6, 6.07) is 0. The predicted octanol–water partition coefficient (Wildman–Crippen LogP) is 1.20. The van der Waals surface area contributed by atoms with Gasteiger partial charge in [-0.05, 0) is 12.2 Å². The van der Waals surface area contributed by atoms with Gasteiger partial charge in [-0.15, -0.1) is 0 Å². The lowest BCUT2D eigenvalue weighted by molar-refractivity contribution is -0.167. The number of rotatable bonds is 2. The van der Waals surface area contributed by atoms with E-state index < -0.39 is 5.97 Å². The fraction of sp³-hybridized carbons (Fsp3) is 0.625. The van der Waals surface area contributed by atoms with Crippen molar-refractivity contribution < 1.29 is 14.3 Å². The van der Waals surface area contributed by atoms with Crippen LogP contribution in [0, 0.1) is 0 Å². The molecule has 12 heavy (non-hydrogen) atoms. The van der Waals surface area contributed by atoms with Crippen molar-refractivity contribution in [3.8, 4) is 0 Å². The Morgan fingerprint density at radius 2 is 2.58 bits per heavy atom. The summed E-state index contributed by atoms with van der Waals surface area (Å²) in [6.07, 6.45) is 1.79. The highest BCUT2D eigenvalue weighted by molar-refractivity contribution is 7.99. The zero-order valence-electron chi connectivity index (χ0n) is 6.82. The normalized spacial score (nSPS) is 24.2. The molecule has 0 bridgehead atoms. The smallest absolute Gasteiger partial charge is 0.332 e. The van der Waals surface area contributed by atoms with E-state index >= 15 is 0 Å². The molecular formula is C8H12O3S. The maximum atomic E-state index is 10.8. The number of carbonyl (C=O) groups excluding carboxylic acids is 1. The molecule has 4 heteroatoms. The van der Waals surface area contributed by atoms with Crippen molar-refractivity contribution in [2.45, 2.75) is 12.7 Å². The van der Waals surface area contributed by atoms with Gasteiger partial charge in [0.25, 0.3) is 0 Å². The number of carbonyl (C=O) groups is 1. The molecule has 1 atom stereocenters. The van der Waals surface area contributed by atoms with Gasteiger partial charge < -0.3 is 9.47 Å². The van der Waals surface area contributed by atoms with Crippen molar-refractivity contribution >= 4 is 17.7 Å². The third kappa shape index (κ3) is 3.28. The first-order valence-corrected chi connectivity index (χ1v) is 5.01. The lowest BCUT2D eigenvalue weighted by Gasteiger charge is -2.13. The standard InChI is InChI=1S/C8H12O3S/c1-2-7(9)11-8-6-12-5-3-4-10-8/h2,8H,1,3-6H2. The quantitative estimate of drug-likeness (QED) is 0.482. The Morgan fingerprint density at radius 3 is 3.33 bits per heavy atom. The second kappa shape index (κ2) is 5.22. The maximum absolute atomic E-state index is 10.8. The van der Waals surface area contributed by atoms with Gasteiger partial charge in [-0.2, -0.15) is 11.8 Å². The second-order valence-electron chi connectivity index (χ2n) is 2.37. The first kappa shape index (κ1) is 9.61. The summed E-state index contributed by atoms with van der Waals surface area (Å²) in [5, 5.41) is 0. The molecule has 1 rings (SSSR count). The van der Waals surface area contributed by atoms with Gasteiger partial charge in [-0.25, -0.2) is 4.79 Å². The van der Waals surface area contributed by atoms with Crippen LogP contribution >= 0.6 is 11.8 Å². The molecule has 1 saturated heterocycles. The number of esters is 1. The van der Waals surface area contributed by atoms with E-state index in [2.05, 4.69) is 6.58 Å². The zero-order valence-corrected chi connectivity index (χ0v) is 7.64. The fourth-order valence-electron chi connectivity index (χ4n) is 0.849. The number of ether oxygens (including phenoxy) is 2. The first-order valence-electron chi connectivity index (χ1n) is 3.85. The summed E-state index contributed by atoms with van der Waals surface area (Å²) >= 11 is 1.74. The third-order valence-corrected chi connectivity index (χ3v) is 2.49. The lowest BCUT2D eigenvalue weighted by atomic mass is 10.5. The molecule has 0 saturated carbocycles. The first-order chi connectivity index (χ1) is 5.83. The van der Waals surface area contributed by atoms with Crippen LogP contribution < -0.4 is 0 Å². The van der Waals surface area contributed by atoms with Crippen LogP contribution in [0.4, 0.5) is 0 Å². The topological polar surface area (TPSA) is 35.5 Å². The van der Waals surface area contributed by atoms with E-state index in [-0.39, 0.29) is 6.29 Å². The van der Waals surface area contributed by atoms with Crippen LogP contribution in [0.2, 0.25) is 0 Å². The van der Waals surface area contributed by atoms with Gasteiger partial charge in [0.1, 0.15) is 0 Å². The van der Waals surface area contributed by atoms with E-state index in [9.17, 15) is 4.79 Å². The van der Waals surface area contributed by atoms with E-state index in [4.69, 9.17) is 9.47 Å². The summed E-state index contributed by atoms with van der Waals surface area (Å²) in [5.41, 5.74) is 0. The highest BCUT2D eigenvalue weighted by Gasteiger charge is 2.15. The van der Waals surface area contributed by atoms with Crippen LogP contribution in [0.1, 0.15) is 6.42 Å². The van der Waals surface area contributed by atoms with E-state index in [1.54, 1.807) is 11.8 Å². The lowest BCUT2D eigenvalue weighted by Crippen LogP contribution is -2.21. The Hall–Kier alpha value is -0.480. The Labute approximate surface area is 76.1 Å². The van der Waals surface area contributed by atoms with Gasteiger partial charge in [0.15, 0.2) is 0 Å². The SMILES string of the molecule is C=CC(=O)OC1CSCCCO1. The molecule has 0 amide bonds. The molecule has 0 aromatic carbocycles. The molecule has 0 aliphatic carbocycles. The Bertz CT molecular complexity index is 162. The average Bonchev–Trinajstić information content (AvgIpc) is 2.33. The maximum Gasteiger partial charge on any atom is 0.332 e. The van der Waals surface area contributed by atoms with Gasteiger partial charge in [-0.3, -0.25) is 0 Å². The van der Waals surface area contributed by atoms with Crippen LogP contribution in [-0.2, 0) is 14.3 Å². The molecule has 0 spiro atoms. The highest BCUT2D eigenvalue weighted by Crippen LogP contribution is 2.13. The summed E-state index contributed by atoms with van der Waals surface area (Å²) in [4.78, 5) is 10.8. The van der Waals surface area contributed by atoms with Gasteiger partial charge in [-0.1, -0.05) is 6.58 Å². The van der Waals surface area contributed by atoms with Gasteiger partial charge in [0.2, 0.25) is 6.29 Å². The molecule has 1 aliphatic heterocycles. The largest absolute Gasteiger partial charge is 0.432 e. The molecule has 0 N–H and O–H groups in total. The molecule has 1 aliphatic rings. The average molecular weight is 188 g/mol. The summed E-state index contributed by atoms with van der Waals surface area (Å²) in [7, 11) is 0. The summed E-state index contributed by atoms with van der Waals surface area (Å²) < 4.78 is 10.2. The number of hydrogen-bond donors (Lipinski definition) is 0. The summed E-state index contributed by atoms with van der Waals surface area (Å²) in [5.74, 6) is 1.38. The Balaban J connectivity index is 2.29. The molecule has 3 nitrogen and oxygen atoms in total. The highest BCUT2D eigenvalue weighted by atomic mass is 32.2.